The summed E-state index contributed by atoms with van der Waals surface area (Å²) in [5.41, 5.74) is 5.62. The Morgan fingerprint density at radius 1 is 1.33 bits per heavy atom. The molecule has 104 valence electrons. The number of nitrogens with one attached hydrogen (secondary N) is 1. The molecule has 0 spiro atoms. The lowest BCUT2D eigenvalue weighted by atomic mass is 9.81. The summed E-state index contributed by atoms with van der Waals surface area (Å²) in [5.74, 6) is 0.161. The highest BCUT2D eigenvalue weighted by Crippen LogP contribution is 2.28. The van der Waals surface area contributed by atoms with E-state index in [2.05, 4.69) is 5.32 Å². The van der Waals surface area contributed by atoms with Gasteiger partial charge in [0.2, 0.25) is 5.91 Å². The van der Waals surface area contributed by atoms with Gasteiger partial charge in [-0.15, -0.1) is 0 Å². The lowest BCUT2D eigenvalue weighted by Crippen LogP contribution is -2.43. The fourth-order valence-electron chi connectivity index (χ4n) is 2.32. The Hall–Kier alpha value is -1.10. The monoisotopic (exact) mass is 256 g/mol. The standard InChI is InChI=1S/C13H24N2O3/c1-3-18-13(17)9(2)15-12(16)11-6-4-10(8-14)5-7-11/h9-11H,3-8,14H2,1-2H3,(H,15,16). The van der Waals surface area contributed by atoms with Gasteiger partial charge in [0.05, 0.1) is 6.61 Å². The van der Waals surface area contributed by atoms with E-state index in [1.807, 2.05) is 0 Å². The number of esters is 1. The molecule has 18 heavy (non-hydrogen) atoms. The van der Waals surface area contributed by atoms with Gasteiger partial charge in [0.1, 0.15) is 6.04 Å². The Kier molecular flexibility index (Phi) is 6.12. The summed E-state index contributed by atoms with van der Waals surface area (Å²) in [4.78, 5) is 23.4. The summed E-state index contributed by atoms with van der Waals surface area (Å²) in [6, 6.07) is -0.565. The van der Waals surface area contributed by atoms with Crippen LogP contribution in [0.3, 0.4) is 0 Å². The number of rotatable bonds is 5. The smallest absolute Gasteiger partial charge is 0.328 e. The van der Waals surface area contributed by atoms with Crippen LogP contribution in [0.2, 0.25) is 0 Å². The molecule has 1 amide bonds. The Bertz CT molecular complexity index is 286. The van der Waals surface area contributed by atoms with E-state index in [9.17, 15) is 9.59 Å². The number of nitrogens with two attached hydrogens (primary N) is 1. The summed E-state index contributed by atoms with van der Waals surface area (Å²) in [7, 11) is 0. The molecular weight excluding hydrogens is 232 g/mol. The van der Waals surface area contributed by atoms with Crippen LogP contribution in [-0.2, 0) is 14.3 Å². The summed E-state index contributed by atoms with van der Waals surface area (Å²) < 4.78 is 4.86. The zero-order valence-electron chi connectivity index (χ0n) is 11.3. The second-order valence-electron chi connectivity index (χ2n) is 4.94. The Morgan fingerprint density at radius 2 is 1.94 bits per heavy atom. The predicted molar refractivity (Wildman–Crippen MR) is 68.7 cm³/mol. The first-order valence-corrected chi connectivity index (χ1v) is 6.75. The third-order valence-corrected chi connectivity index (χ3v) is 3.55. The fourth-order valence-corrected chi connectivity index (χ4v) is 2.32. The molecule has 1 atom stereocenters. The molecule has 1 fully saturated rings. The van der Waals surface area contributed by atoms with Crippen LogP contribution in [0.25, 0.3) is 0 Å². The number of ether oxygens (including phenoxy) is 1. The normalized spacial score (nSPS) is 25.3. The number of amides is 1. The van der Waals surface area contributed by atoms with Gasteiger partial charge in [0, 0.05) is 5.92 Å². The molecule has 1 saturated carbocycles. The molecule has 0 aromatic carbocycles. The summed E-state index contributed by atoms with van der Waals surface area (Å²) >= 11 is 0. The highest BCUT2D eigenvalue weighted by Gasteiger charge is 2.27. The largest absolute Gasteiger partial charge is 0.464 e. The molecule has 0 aliphatic heterocycles. The van der Waals surface area contributed by atoms with E-state index in [0.29, 0.717) is 19.1 Å². The highest BCUT2D eigenvalue weighted by atomic mass is 16.5. The van der Waals surface area contributed by atoms with Gasteiger partial charge >= 0.3 is 5.97 Å². The first-order valence-electron chi connectivity index (χ1n) is 6.75. The minimum Gasteiger partial charge on any atom is -0.464 e. The van der Waals surface area contributed by atoms with Crippen molar-refractivity contribution >= 4 is 11.9 Å². The van der Waals surface area contributed by atoms with Crippen molar-refractivity contribution in [2.75, 3.05) is 13.2 Å². The molecule has 1 unspecified atom stereocenters. The van der Waals surface area contributed by atoms with Crippen LogP contribution < -0.4 is 11.1 Å². The van der Waals surface area contributed by atoms with Crippen molar-refractivity contribution in [1.29, 1.82) is 0 Å². The van der Waals surface area contributed by atoms with E-state index in [1.54, 1.807) is 13.8 Å². The minimum atomic E-state index is -0.565. The number of hydrogen-bond acceptors (Lipinski definition) is 4. The highest BCUT2D eigenvalue weighted by molar-refractivity contribution is 5.85. The zero-order chi connectivity index (χ0) is 13.5. The fraction of sp³-hybridized carbons (Fsp3) is 0.846. The SMILES string of the molecule is CCOC(=O)C(C)NC(=O)C1CCC(CN)CC1. The maximum atomic E-state index is 12.0. The predicted octanol–water partition coefficient (Wildman–Crippen LogP) is 0.819. The van der Waals surface area contributed by atoms with Gasteiger partial charge in [0.15, 0.2) is 0 Å². The lowest BCUT2D eigenvalue weighted by molar-refractivity contribution is -0.147. The van der Waals surface area contributed by atoms with E-state index in [-0.39, 0.29) is 17.8 Å². The minimum absolute atomic E-state index is 0.0182. The molecular formula is C13H24N2O3. The maximum absolute atomic E-state index is 12.0. The summed E-state index contributed by atoms with van der Waals surface area (Å²) in [6.45, 7) is 4.44. The molecule has 5 heteroatoms. The first kappa shape index (κ1) is 15.0. The second-order valence-corrected chi connectivity index (χ2v) is 4.94. The van der Waals surface area contributed by atoms with Crippen molar-refractivity contribution in [3.05, 3.63) is 0 Å². The van der Waals surface area contributed by atoms with Crippen molar-refractivity contribution in [2.24, 2.45) is 17.6 Å². The van der Waals surface area contributed by atoms with Gasteiger partial charge < -0.3 is 15.8 Å². The van der Waals surface area contributed by atoms with Crippen LogP contribution in [0.1, 0.15) is 39.5 Å². The van der Waals surface area contributed by atoms with Crippen LogP contribution >= 0.6 is 0 Å². The molecule has 0 saturated heterocycles. The Labute approximate surface area is 108 Å². The van der Waals surface area contributed by atoms with E-state index in [4.69, 9.17) is 10.5 Å². The molecule has 3 N–H and O–H groups in total. The molecule has 1 aliphatic rings. The third-order valence-electron chi connectivity index (χ3n) is 3.55. The third kappa shape index (κ3) is 4.29. The van der Waals surface area contributed by atoms with Crippen LogP contribution in [0.5, 0.6) is 0 Å². The van der Waals surface area contributed by atoms with Crippen LogP contribution in [0, 0.1) is 11.8 Å². The van der Waals surface area contributed by atoms with Gasteiger partial charge in [-0.05, 0) is 52.0 Å². The lowest BCUT2D eigenvalue weighted by Gasteiger charge is -2.27. The average Bonchev–Trinajstić information content (AvgIpc) is 2.39. The molecule has 5 nitrogen and oxygen atoms in total. The molecule has 0 heterocycles. The number of carbonyl (C=O) groups excluding carboxylic acids is 2. The molecule has 0 radical (unpaired) electrons. The molecule has 1 rings (SSSR count). The van der Waals surface area contributed by atoms with E-state index in [1.165, 1.54) is 0 Å². The average molecular weight is 256 g/mol. The number of carbonyl (C=O) groups is 2. The van der Waals surface area contributed by atoms with Crippen LogP contribution in [0.15, 0.2) is 0 Å². The van der Waals surface area contributed by atoms with Crippen molar-refractivity contribution in [3.63, 3.8) is 0 Å². The van der Waals surface area contributed by atoms with Gasteiger partial charge in [0.25, 0.3) is 0 Å². The van der Waals surface area contributed by atoms with Crippen LogP contribution in [-0.4, -0.2) is 31.1 Å². The Morgan fingerprint density at radius 3 is 2.44 bits per heavy atom. The van der Waals surface area contributed by atoms with E-state index in [0.717, 1.165) is 25.7 Å². The van der Waals surface area contributed by atoms with Gasteiger partial charge in [-0.1, -0.05) is 0 Å². The van der Waals surface area contributed by atoms with E-state index >= 15 is 0 Å². The summed E-state index contributed by atoms with van der Waals surface area (Å²) in [5, 5.41) is 2.72. The zero-order valence-corrected chi connectivity index (χ0v) is 11.3. The maximum Gasteiger partial charge on any atom is 0.328 e. The summed E-state index contributed by atoms with van der Waals surface area (Å²) in [6.07, 6.45) is 3.73. The van der Waals surface area contributed by atoms with Gasteiger partial charge in [-0.2, -0.15) is 0 Å². The van der Waals surface area contributed by atoms with Gasteiger partial charge in [-0.3, -0.25) is 4.79 Å². The molecule has 0 bridgehead atoms. The molecule has 0 aromatic heterocycles. The van der Waals surface area contributed by atoms with Gasteiger partial charge in [-0.25, -0.2) is 4.79 Å². The molecule has 0 aromatic rings. The van der Waals surface area contributed by atoms with E-state index < -0.39 is 6.04 Å². The molecule has 1 aliphatic carbocycles. The van der Waals surface area contributed by atoms with Crippen LogP contribution in [0.4, 0.5) is 0 Å². The first-order chi connectivity index (χ1) is 8.58. The topological polar surface area (TPSA) is 81.4 Å². The van der Waals surface area contributed by atoms with Crippen molar-refractivity contribution < 1.29 is 14.3 Å². The van der Waals surface area contributed by atoms with Crippen molar-refractivity contribution in [2.45, 2.75) is 45.6 Å². The van der Waals surface area contributed by atoms with Crippen molar-refractivity contribution in [3.8, 4) is 0 Å². The second kappa shape index (κ2) is 7.36. The van der Waals surface area contributed by atoms with Crippen molar-refractivity contribution in [1.82, 2.24) is 5.32 Å². The number of hydrogen-bond donors (Lipinski definition) is 2. The quantitative estimate of drug-likeness (QED) is 0.714. The Balaban J connectivity index is 2.35.